The van der Waals surface area contributed by atoms with Crippen LogP contribution in [-0.2, 0) is 33.4 Å². The second-order valence-electron chi connectivity index (χ2n) is 9.46. The van der Waals surface area contributed by atoms with E-state index in [4.69, 9.17) is 25.8 Å². The maximum Gasteiger partial charge on any atom is 0.371 e. The van der Waals surface area contributed by atoms with Gasteiger partial charge in [0.25, 0.3) is 0 Å². The molecule has 17 nitrogen and oxygen atoms in total. The lowest BCUT2D eigenvalue weighted by Gasteiger charge is -2.44. The Morgan fingerprint density at radius 2 is 1.89 bits per heavy atom. The van der Waals surface area contributed by atoms with Crippen molar-refractivity contribution in [2.24, 2.45) is 4.99 Å². The summed E-state index contributed by atoms with van der Waals surface area (Å²) in [7, 11) is 1.04. The maximum absolute atomic E-state index is 13.9. The molecule has 2 aromatic rings. The molecule has 2 aliphatic heterocycles. The van der Waals surface area contributed by atoms with E-state index in [1.165, 1.54) is 12.3 Å². The van der Waals surface area contributed by atoms with Gasteiger partial charge in [0, 0.05) is 34.4 Å². The summed E-state index contributed by atoms with van der Waals surface area (Å²) in [5.74, 6) is -17.1. The summed E-state index contributed by atoms with van der Waals surface area (Å²) in [5.41, 5.74) is -0.271. The van der Waals surface area contributed by atoms with E-state index in [9.17, 15) is 54.2 Å². The first-order valence-corrected chi connectivity index (χ1v) is 13.8. The molecule has 3 heterocycles. The summed E-state index contributed by atoms with van der Waals surface area (Å²) in [6, 6.07) is 0.299. The smallest absolute Gasteiger partial charge is 0.371 e. The summed E-state index contributed by atoms with van der Waals surface area (Å²) < 4.78 is 29.1. The van der Waals surface area contributed by atoms with E-state index in [1.807, 2.05) is 0 Å². The van der Waals surface area contributed by atoms with Gasteiger partial charge in [0.1, 0.15) is 24.1 Å². The van der Waals surface area contributed by atoms with Crippen LogP contribution in [-0.4, -0.2) is 121 Å². The van der Waals surface area contributed by atoms with Crippen molar-refractivity contribution in [1.82, 2.24) is 15.2 Å². The number of carbonyl (C=O) groups is 4. The number of carboxylic acids is 3. The maximum atomic E-state index is 13.9. The molecular formula is C25H24ClFN4O13S. The monoisotopic (exact) mass is 674 g/mol. The highest BCUT2D eigenvalue weighted by atomic mass is 35.5. The molecule has 1 aromatic heterocycles. The topological polar surface area (TPSA) is 258 Å². The quantitative estimate of drug-likeness (QED) is 0.113. The van der Waals surface area contributed by atoms with Crippen LogP contribution in [0.2, 0.25) is 5.02 Å². The molecule has 1 aromatic carbocycles. The van der Waals surface area contributed by atoms with Gasteiger partial charge >= 0.3 is 35.5 Å². The third-order valence-electron chi connectivity index (χ3n) is 6.72. The Labute approximate surface area is 260 Å². The van der Waals surface area contributed by atoms with E-state index < -0.39 is 79.3 Å². The number of rotatable bonds is 11. The number of hydrogen-bond donors (Lipinski definition) is 7. The number of nitrogens with zero attached hydrogens (tertiary/aromatic N) is 3. The van der Waals surface area contributed by atoms with Crippen LogP contribution in [0.25, 0.3) is 0 Å². The van der Waals surface area contributed by atoms with Crippen LogP contribution in [0, 0.1) is 5.82 Å². The van der Waals surface area contributed by atoms with Crippen molar-refractivity contribution in [3.05, 3.63) is 62.5 Å². The van der Waals surface area contributed by atoms with Crippen molar-refractivity contribution in [1.29, 1.82) is 0 Å². The molecule has 1 unspecified atom stereocenters. The minimum Gasteiger partial charge on any atom is -0.480 e. The Bertz CT molecular complexity index is 1570. The Hall–Kier alpha value is -4.08. The van der Waals surface area contributed by atoms with Gasteiger partial charge in [-0.3, -0.25) is 14.7 Å². The van der Waals surface area contributed by atoms with Crippen molar-refractivity contribution >= 4 is 52.7 Å². The fourth-order valence-corrected chi connectivity index (χ4v) is 5.33. The average Bonchev–Trinajstić information content (AvgIpc) is 3.52. The number of methoxy groups -OCH3 is 1. The first kappa shape index (κ1) is 33.8. The largest absolute Gasteiger partial charge is 0.480 e. The molecule has 0 radical (unpaired) electrons. The van der Waals surface area contributed by atoms with E-state index in [1.54, 1.807) is 5.38 Å². The highest BCUT2D eigenvalue weighted by molar-refractivity contribution is 7.11. The number of benzene rings is 1. The number of aromatic nitrogens is 1. The number of ether oxygens (including phenoxy) is 3. The number of carboxylic acid groups (broad SMARTS) is 3. The normalized spacial score (nSPS) is 22.2. The molecule has 0 saturated carbocycles. The standard InChI is InChI=1S/C25H24ClFN4O13S/c1-42-21(34)16-13(29-18(19-28-4-5-45-19)30-17(16)11-3-2-10(27)6-12(11)26)7-31-14(20(32)33)8-43-9-15(31)44-25(41,23(37)38)24(39,40)22(35)36/h2-6,14-15,17,39-41H,7-9H2,1H3,(H,29,30)(H,32,33)(H,35,36)(H,37,38)/t14-,15?,17+,25+/m1/s1. The van der Waals surface area contributed by atoms with Crippen LogP contribution in [0.4, 0.5) is 4.39 Å². The van der Waals surface area contributed by atoms with Gasteiger partial charge in [0.15, 0.2) is 10.8 Å². The minimum atomic E-state index is -4.44. The van der Waals surface area contributed by atoms with Gasteiger partial charge in [0.2, 0.25) is 0 Å². The van der Waals surface area contributed by atoms with Crippen molar-refractivity contribution in [2.75, 3.05) is 26.9 Å². The number of amidine groups is 1. The zero-order chi connectivity index (χ0) is 33.3. The molecule has 7 N–H and O–H groups in total. The van der Waals surface area contributed by atoms with E-state index >= 15 is 0 Å². The lowest BCUT2D eigenvalue weighted by Crippen LogP contribution is -2.69. The Kier molecular flexibility index (Phi) is 9.85. The van der Waals surface area contributed by atoms with Crippen molar-refractivity contribution in [2.45, 2.75) is 29.9 Å². The summed E-state index contributed by atoms with van der Waals surface area (Å²) in [6.45, 7) is -1.96. The number of hydrogen-bond acceptors (Lipinski definition) is 15. The van der Waals surface area contributed by atoms with Crippen LogP contribution in [0.1, 0.15) is 16.6 Å². The van der Waals surface area contributed by atoms with Crippen LogP contribution in [0.3, 0.4) is 0 Å². The van der Waals surface area contributed by atoms with Gasteiger partial charge in [-0.15, -0.1) is 11.3 Å². The molecule has 1 saturated heterocycles. The summed E-state index contributed by atoms with van der Waals surface area (Å²) >= 11 is 7.45. The van der Waals surface area contributed by atoms with E-state index in [0.717, 1.165) is 35.5 Å². The lowest BCUT2D eigenvalue weighted by molar-refractivity contribution is -0.375. The molecule has 0 spiro atoms. The number of thiazole rings is 1. The predicted octanol–water partition coefficient (Wildman–Crippen LogP) is -0.879. The second kappa shape index (κ2) is 13.1. The number of nitrogens with one attached hydrogen (secondary N) is 1. The van der Waals surface area contributed by atoms with Crippen LogP contribution in [0.15, 0.2) is 46.0 Å². The third-order valence-corrected chi connectivity index (χ3v) is 7.83. The predicted molar refractivity (Wildman–Crippen MR) is 146 cm³/mol. The van der Waals surface area contributed by atoms with Crippen LogP contribution < -0.4 is 5.32 Å². The molecule has 1 fully saturated rings. The number of esters is 1. The van der Waals surface area contributed by atoms with Crippen LogP contribution >= 0.6 is 22.9 Å². The zero-order valence-electron chi connectivity index (χ0n) is 22.8. The third kappa shape index (κ3) is 6.51. The number of aliphatic carboxylic acids is 3. The second-order valence-corrected chi connectivity index (χ2v) is 10.8. The molecule has 20 heteroatoms. The Balaban J connectivity index is 1.88. The summed E-state index contributed by atoms with van der Waals surface area (Å²) in [5, 5.41) is 63.8. The SMILES string of the molecule is COC(=O)C1=C(CN2C(O[C@@](O)(C(=O)O)C(O)(O)C(=O)O)COC[C@@H]2C(=O)O)NC(c2nccs2)=N[C@H]1c1ccc(F)cc1Cl. The Morgan fingerprint density at radius 3 is 2.44 bits per heavy atom. The summed E-state index contributed by atoms with van der Waals surface area (Å²) in [4.78, 5) is 58.4. The molecular weight excluding hydrogens is 651 g/mol. The molecule has 242 valence electrons. The van der Waals surface area contributed by atoms with Gasteiger partial charge in [-0.25, -0.2) is 23.8 Å². The fourth-order valence-electron chi connectivity index (χ4n) is 4.47. The zero-order valence-corrected chi connectivity index (χ0v) is 24.4. The Morgan fingerprint density at radius 1 is 1.18 bits per heavy atom. The number of aliphatic imine (C=N–C) groups is 1. The van der Waals surface area contributed by atoms with Gasteiger partial charge in [-0.1, -0.05) is 17.7 Å². The minimum absolute atomic E-state index is 0.0494. The molecule has 2 aliphatic rings. The van der Waals surface area contributed by atoms with Gasteiger partial charge < -0.3 is 50.2 Å². The molecule has 4 rings (SSSR count). The summed E-state index contributed by atoms with van der Waals surface area (Å²) in [6.07, 6.45) is -0.553. The van der Waals surface area contributed by atoms with Gasteiger partial charge in [-0.05, 0) is 12.1 Å². The number of morpholine rings is 1. The highest BCUT2D eigenvalue weighted by Gasteiger charge is 2.64. The van der Waals surface area contributed by atoms with Crippen molar-refractivity contribution < 1.29 is 68.4 Å². The lowest BCUT2D eigenvalue weighted by atomic mass is 9.95. The molecule has 0 amide bonds. The van der Waals surface area contributed by atoms with Crippen molar-refractivity contribution in [3.63, 3.8) is 0 Å². The number of aliphatic hydroxyl groups is 3. The van der Waals surface area contributed by atoms with Crippen molar-refractivity contribution in [3.8, 4) is 0 Å². The molecule has 4 atom stereocenters. The fraction of sp³-hybridized carbons (Fsp3) is 0.360. The van der Waals surface area contributed by atoms with E-state index in [-0.39, 0.29) is 32.7 Å². The molecule has 0 aliphatic carbocycles. The van der Waals surface area contributed by atoms with Gasteiger partial charge in [-0.2, -0.15) is 0 Å². The van der Waals surface area contributed by atoms with E-state index in [0.29, 0.717) is 0 Å². The first-order chi connectivity index (χ1) is 21.1. The molecule has 45 heavy (non-hydrogen) atoms. The average molecular weight is 675 g/mol. The van der Waals surface area contributed by atoms with Crippen LogP contribution in [0.5, 0.6) is 0 Å². The van der Waals surface area contributed by atoms with Gasteiger partial charge in [0.05, 0.1) is 25.9 Å². The molecule has 0 bridgehead atoms. The first-order valence-electron chi connectivity index (χ1n) is 12.5. The number of halogens is 2. The number of carbonyl (C=O) groups excluding carboxylic acids is 1. The van der Waals surface area contributed by atoms with E-state index in [2.05, 4.69) is 15.3 Å². The highest BCUT2D eigenvalue weighted by Crippen LogP contribution is 2.37.